The van der Waals surface area contributed by atoms with Crippen LogP contribution < -0.4 is 0 Å². The first kappa shape index (κ1) is 11.2. The SMILES string of the molecule is Cc1cc(C(F)F)c(C=O)c([N+](=O)[O-])n1. The van der Waals surface area contributed by atoms with Crippen LogP contribution in [0.4, 0.5) is 14.6 Å². The third kappa shape index (κ3) is 2.12. The summed E-state index contributed by atoms with van der Waals surface area (Å²) in [5, 5.41) is 10.4. The van der Waals surface area contributed by atoms with Gasteiger partial charge in [-0.3, -0.25) is 4.79 Å². The Morgan fingerprint density at radius 2 is 2.20 bits per heavy atom. The van der Waals surface area contributed by atoms with Gasteiger partial charge in [0, 0.05) is 12.5 Å². The van der Waals surface area contributed by atoms with Crippen molar-refractivity contribution >= 4 is 12.1 Å². The molecule has 0 saturated heterocycles. The fourth-order valence-corrected chi connectivity index (χ4v) is 1.13. The number of alkyl halides is 2. The summed E-state index contributed by atoms with van der Waals surface area (Å²) in [6.07, 6.45) is -2.92. The molecule has 0 saturated carbocycles. The lowest BCUT2D eigenvalue weighted by Gasteiger charge is -2.03. The van der Waals surface area contributed by atoms with Crippen LogP contribution in [0, 0.1) is 17.0 Å². The van der Waals surface area contributed by atoms with Gasteiger partial charge in [0.05, 0.1) is 0 Å². The molecule has 7 heteroatoms. The maximum Gasteiger partial charge on any atom is 0.374 e. The average molecular weight is 216 g/mol. The summed E-state index contributed by atoms with van der Waals surface area (Å²) in [7, 11) is 0. The van der Waals surface area contributed by atoms with Crippen LogP contribution in [-0.4, -0.2) is 16.2 Å². The molecule has 1 heterocycles. The van der Waals surface area contributed by atoms with E-state index in [1.54, 1.807) is 0 Å². The third-order valence-electron chi connectivity index (χ3n) is 1.72. The Kier molecular flexibility index (Phi) is 3.03. The van der Waals surface area contributed by atoms with E-state index in [0.717, 1.165) is 6.07 Å². The first-order valence-electron chi connectivity index (χ1n) is 3.86. The average Bonchev–Trinajstić information content (AvgIpc) is 2.16. The Balaban J connectivity index is 3.52. The quantitative estimate of drug-likeness (QED) is 0.440. The topological polar surface area (TPSA) is 73.1 Å². The van der Waals surface area contributed by atoms with Crippen LogP contribution in [-0.2, 0) is 0 Å². The normalized spacial score (nSPS) is 10.4. The third-order valence-corrected chi connectivity index (χ3v) is 1.72. The predicted octanol–water partition coefficient (Wildman–Crippen LogP) is 2.05. The lowest BCUT2D eigenvalue weighted by molar-refractivity contribution is -0.389. The zero-order chi connectivity index (χ0) is 11.6. The number of hydrogen-bond donors (Lipinski definition) is 0. The van der Waals surface area contributed by atoms with Gasteiger partial charge in [-0.05, 0) is 16.0 Å². The van der Waals surface area contributed by atoms with Gasteiger partial charge in [0.15, 0.2) is 12.0 Å². The van der Waals surface area contributed by atoms with E-state index in [2.05, 4.69) is 4.98 Å². The number of pyridine rings is 1. The first-order valence-corrected chi connectivity index (χ1v) is 3.86. The van der Waals surface area contributed by atoms with Gasteiger partial charge in [0.25, 0.3) is 6.43 Å². The molecule has 0 aliphatic carbocycles. The molecule has 0 aliphatic rings. The highest BCUT2D eigenvalue weighted by Crippen LogP contribution is 2.27. The van der Waals surface area contributed by atoms with E-state index in [-0.39, 0.29) is 12.0 Å². The predicted molar refractivity (Wildman–Crippen MR) is 46.0 cm³/mol. The van der Waals surface area contributed by atoms with Crippen LogP contribution in [0.1, 0.15) is 28.0 Å². The van der Waals surface area contributed by atoms with E-state index in [1.165, 1.54) is 6.92 Å². The molecule has 15 heavy (non-hydrogen) atoms. The van der Waals surface area contributed by atoms with Gasteiger partial charge in [-0.2, -0.15) is 0 Å². The van der Waals surface area contributed by atoms with E-state index >= 15 is 0 Å². The number of carbonyl (C=O) groups excluding carboxylic acids is 1. The second-order valence-corrected chi connectivity index (χ2v) is 2.77. The molecule has 0 amide bonds. The Labute approximate surface area is 82.9 Å². The molecule has 0 aromatic carbocycles. The molecule has 1 aromatic rings. The molecule has 0 radical (unpaired) electrons. The molecular formula is C8H6F2N2O3. The van der Waals surface area contributed by atoms with E-state index in [0.29, 0.717) is 0 Å². The molecule has 0 spiro atoms. The lowest BCUT2D eigenvalue weighted by atomic mass is 10.1. The number of aldehydes is 1. The number of rotatable bonds is 3. The van der Waals surface area contributed by atoms with Gasteiger partial charge in [-0.15, -0.1) is 0 Å². The van der Waals surface area contributed by atoms with E-state index in [1.807, 2.05) is 0 Å². The molecule has 5 nitrogen and oxygen atoms in total. The Morgan fingerprint density at radius 1 is 1.60 bits per heavy atom. The van der Waals surface area contributed by atoms with Crippen molar-refractivity contribution in [3.8, 4) is 0 Å². The summed E-state index contributed by atoms with van der Waals surface area (Å²) < 4.78 is 24.9. The second kappa shape index (κ2) is 4.07. The molecule has 0 aliphatic heterocycles. The number of nitro groups is 1. The minimum atomic E-state index is -2.94. The summed E-state index contributed by atoms with van der Waals surface area (Å²) in [6, 6.07) is 0.960. The monoisotopic (exact) mass is 216 g/mol. The summed E-state index contributed by atoms with van der Waals surface area (Å²) in [4.78, 5) is 23.4. The molecule has 0 fully saturated rings. The molecule has 0 N–H and O–H groups in total. The minimum Gasteiger partial charge on any atom is -0.358 e. The summed E-state index contributed by atoms with van der Waals surface area (Å²) >= 11 is 0. The summed E-state index contributed by atoms with van der Waals surface area (Å²) in [5.41, 5.74) is -1.26. The van der Waals surface area contributed by atoms with Gasteiger partial charge in [0.2, 0.25) is 0 Å². The second-order valence-electron chi connectivity index (χ2n) is 2.77. The number of halogens is 2. The van der Waals surface area contributed by atoms with Gasteiger partial charge in [0.1, 0.15) is 5.56 Å². The van der Waals surface area contributed by atoms with Crippen LogP contribution in [0.3, 0.4) is 0 Å². The van der Waals surface area contributed by atoms with Crippen molar-refractivity contribution in [2.24, 2.45) is 0 Å². The van der Waals surface area contributed by atoms with Crippen LogP contribution in [0.2, 0.25) is 0 Å². The summed E-state index contributed by atoms with van der Waals surface area (Å²) in [6.45, 7) is 1.34. The van der Waals surface area contributed by atoms with Crippen molar-refractivity contribution in [3.63, 3.8) is 0 Å². The largest absolute Gasteiger partial charge is 0.374 e. The molecule has 0 bridgehead atoms. The smallest absolute Gasteiger partial charge is 0.358 e. The molecule has 0 unspecified atom stereocenters. The number of aryl methyl sites for hydroxylation is 1. The number of hydrogen-bond acceptors (Lipinski definition) is 4. The van der Waals surface area contributed by atoms with Gasteiger partial charge < -0.3 is 10.1 Å². The molecule has 1 rings (SSSR count). The van der Waals surface area contributed by atoms with Crippen LogP contribution in [0.25, 0.3) is 0 Å². The number of carbonyl (C=O) groups is 1. The van der Waals surface area contributed by atoms with E-state index in [4.69, 9.17) is 0 Å². The maximum absolute atomic E-state index is 12.4. The van der Waals surface area contributed by atoms with Crippen molar-refractivity contribution < 1.29 is 18.5 Å². The van der Waals surface area contributed by atoms with Crippen molar-refractivity contribution in [1.29, 1.82) is 0 Å². The number of nitrogens with zero attached hydrogens (tertiary/aromatic N) is 2. The maximum atomic E-state index is 12.4. The number of aromatic nitrogens is 1. The summed E-state index contributed by atoms with van der Waals surface area (Å²) in [5.74, 6) is -0.833. The Bertz CT molecular complexity index is 421. The molecular weight excluding hydrogens is 210 g/mol. The van der Waals surface area contributed by atoms with Crippen molar-refractivity contribution in [2.75, 3.05) is 0 Å². The van der Waals surface area contributed by atoms with Gasteiger partial charge in [-0.25, -0.2) is 8.78 Å². The van der Waals surface area contributed by atoms with E-state index in [9.17, 15) is 23.7 Å². The zero-order valence-corrected chi connectivity index (χ0v) is 7.61. The van der Waals surface area contributed by atoms with Crippen LogP contribution in [0.15, 0.2) is 6.07 Å². The Hall–Kier alpha value is -1.92. The van der Waals surface area contributed by atoms with Gasteiger partial charge in [-0.1, -0.05) is 0 Å². The molecule has 80 valence electrons. The molecule has 1 aromatic heterocycles. The molecule has 0 atom stereocenters. The zero-order valence-electron chi connectivity index (χ0n) is 7.61. The highest BCUT2D eigenvalue weighted by molar-refractivity contribution is 5.82. The fraction of sp³-hybridized carbons (Fsp3) is 0.250. The van der Waals surface area contributed by atoms with Crippen molar-refractivity contribution in [2.45, 2.75) is 13.3 Å². The highest BCUT2D eigenvalue weighted by atomic mass is 19.3. The van der Waals surface area contributed by atoms with Crippen LogP contribution >= 0.6 is 0 Å². The van der Waals surface area contributed by atoms with Crippen molar-refractivity contribution in [1.82, 2.24) is 4.98 Å². The standard InChI is InChI=1S/C8H6F2N2O3/c1-4-2-5(7(9)10)6(3-13)8(11-4)12(14)15/h2-3,7H,1H3. The Morgan fingerprint density at radius 3 is 2.60 bits per heavy atom. The van der Waals surface area contributed by atoms with Gasteiger partial charge >= 0.3 is 5.82 Å². The van der Waals surface area contributed by atoms with E-state index < -0.39 is 28.3 Å². The minimum absolute atomic E-state index is 0.0199. The lowest BCUT2D eigenvalue weighted by Crippen LogP contribution is -2.04. The fourth-order valence-electron chi connectivity index (χ4n) is 1.13. The van der Waals surface area contributed by atoms with Crippen LogP contribution in [0.5, 0.6) is 0 Å². The first-order chi connectivity index (χ1) is 6.97. The highest BCUT2D eigenvalue weighted by Gasteiger charge is 2.25. The van der Waals surface area contributed by atoms with Crippen molar-refractivity contribution in [3.05, 3.63) is 33.0 Å².